The second-order valence-electron chi connectivity index (χ2n) is 6.63. The lowest BCUT2D eigenvalue weighted by Crippen LogP contribution is -2.05. The predicted octanol–water partition coefficient (Wildman–Crippen LogP) is 4.98. The summed E-state index contributed by atoms with van der Waals surface area (Å²) in [5.41, 5.74) is 2.44. The van der Waals surface area contributed by atoms with Crippen LogP contribution < -0.4 is 4.74 Å². The summed E-state index contributed by atoms with van der Waals surface area (Å²) >= 11 is 0. The molecule has 0 aliphatic heterocycles. The van der Waals surface area contributed by atoms with Gasteiger partial charge in [0.1, 0.15) is 5.75 Å². The number of carbonyl (C=O) groups excluding carboxylic acids is 1. The minimum Gasteiger partial charge on any atom is -0.423 e. The SMILES string of the molecule is C=CC(=O)Oc1ccccc1/C=C/C(=N/S(=O)(=O)c1ccc(C)cc1)c1ccccc1. The van der Waals surface area contributed by atoms with Crippen LogP contribution in [-0.2, 0) is 14.8 Å². The summed E-state index contributed by atoms with van der Waals surface area (Å²) in [6.07, 6.45) is 4.31. The topological polar surface area (TPSA) is 72.8 Å². The number of carbonyl (C=O) groups is 1. The van der Waals surface area contributed by atoms with E-state index >= 15 is 0 Å². The summed E-state index contributed by atoms with van der Waals surface area (Å²) in [5, 5.41) is 0. The standard InChI is InChI=1S/C25H21NO4S/c1-3-25(27)30-24-12-8-7-11-21(24)15-18-23(20-9-5-4-6-10-20)26-31(28,29)22-16-13-19(2)14-17-22/h3-18H,1H2,2H3/b18-15+,26-23-. The quantitative estimate of drug-likeness (QED) is 0.229. The lowest BCUT2D eigenvalue weighted by Gasteiger charge is -2.07. The Hall–Kier alpha value is -3.77. The van der Waals surface area contributed by atoms with Crippen molar-refractivity contribution >= 4 is 27.8 Å². The van der Waals surface area contributed by atoms with Crippen molar-refractivity contribution in [2.24, 2.45) is 4.40 Å². The number of ether oxygens (including phenoxy) is 1. The van der Waals surface area contributed by atoms with Crippen LogP contribution in [0.4, 0.5) is 0 Å². The number of nitrogens with zero attached hydrogens (tertiary/aromatic N) is 1. The molecule has 0 radical (unpaired) electrons. The molecule has 3 rings (SSSR count). The highest BCUT2D eigenvalue weighted by molar-refractivity contribution is 7.90. The van der Waals surface area contributed by atoms with Crippen molar-refractivity contribution in [3.8, 4) is 5.75 Å². The van der Waals surface area contributed by atoms with Crippen LogP contribution in [0.5, 0.6) is 5.75 Å². The molecule has 156 valence electrons. The zero-order valence-electron chi connectivity index (χ0n) is 16.9. The molecule has 0 spiro atoms. The van der Waals surface area contributed by atoms with E-state index in [4.69, 9.17) is 4.74 Å². The van der Waals surface area contributed by atoms with Gasteiger partial charge in [-0.1, -0.05) is 72.8 Å². The minimum atomic E-state index is -3.92. The number of para-hydroxylation sites is 1. The van der Waals surface area contributed by atoms with E-state index in [1.807, 2.05) is 13.0 Å². The molecule has 0 amide bonds. The molecule has 0 unspecified atom stereocenters. The van der Waals surface area contributed by atoms with Crippen molar-refractivity contribution in [2.75, 3.05) is 0 Å². The average molecular weight is 432 g/mol. The van der Waals surface area contributed by atoms with Crippen molar-refractivity contribution < 1.29 is 17.9 Å². The first-order valence-electron chi connectivity index (χ1n) is 9.47. The molecule has 6 heteroatoms. The second-order valence-corrected chi connectivity index (χ2v) is 8.23. The van der Waals surface area contributed by atoms with Gasteiger partial charge in [-0.15, -0.1) is 0 Å². The molecule has 3 aromatic rings. The lowest BCUT2D eigenvalue weighted by atomic mass is 10.1. The molecule has 0 saturated carbocycles. The van der Waals surface area contributed by atoms with Crippen molar-refractivity contribution in [2.45, 2.75) is 11.8 Å². The van der Waals surface area contributed by atoms with Crippen molar-refractivity contribution in [3.05, 3.63) is 114 Å². The number of hydrogen-bond donors (Lipinski definition) is 0. The highest BCUT2D eigenvalue weighted by Gasteiger charge is 2.14. The van der Waals surface area contributed by atoms with Gasteiger partial charge in [0.15, 0.2) is 0 Å². The minimum absolute atomic E-state index is 0.111. The second kappa shape index (κ2) is 9.82. The summed E-state index contributed by atoms with van der Waals surface area (Å²) in [6.45, 7) is 5.28. The van der Waals surface area contributed by atoms with Crippen molar-refractivity contribution in [1.29, 1.82) is 0 Å². The molecule has 0 saturated heterocycles. The average Bonchev–Trinajstić information content (AvgIpc) is 2.78. The molecular weight excluding hydrogens is 410 g/mol. The zero-order chi connectivity index (χ0) is 22.3. The summed E-state index contributed by atoms with van der Waals surface area (Å²) in [6, 6.07) is 22.4. The molecule has 0 bridgehead atoms. The number of benzene rings is 3. The molecule has 0 atom stereocenters. The van der Waals surface area contributed by atoms with E-state index in [-0.39, 0.29) is 10.6 Å². The first kappa shape index (κ1) is 21.9. The Morgan fingerprint density at radius 3 is 2.26 bits per heavy atom. The molecular formula is C25H21NO4S. The maximum atomic E-state index is 12.9. The smallest absolute Gasteiger partial charge is 0.335 e. The fourth-order valence-electron chi connectivity index (χ4n) is 2.71. The predicted molar refractivity (Wildman–Crippen MR) is 123 cm³/mol. The van der Waals surface area contributed by atoms with Crippen LogP contribution in [0.15, 0.2) is 107 Å². The Kier molecular flexibility index (Phi) is 6.95. The third-order valence-electron chi connectivity index (χ3n) is 4.32. The van der Waals surface area contributed by atoms with Crippen LogP contribution in [0.3, 0.4) is 0 Å². The molecule has 3 aromatic carbocycles. The molecule has 0 aromatic heterocycles. The van der Waals surface area contributed by atoms with Gasteiger partial charge >= 0.3 is 5.97 Å². The molecule has 5 nitrogen and oxygen atoms in total. The summed E-state index contributed by atoms with van der Waals surface area (Å²) < 4.78 is 35.1. The fraction of sp³-hybridized carbons (Fsp3) is 0.0400. The van der Waals surface area contributed by atoms with Crippen molar-refractivity contribution in [1.82, 2.24) is 0 Å². The summed E-state index contributed by atoms with van der Waals surface area (Å²) in [5.74, 6) is -0.253. The normalized spacial score (nSPS) is 12.0. The van der Waals surface area contributed by atoms with Crippen LogP contribution in [0, 0.1) is 6.92 Å². The van der Waals surface area contributed by atoms with Crippen molar-refractivity contribution in [3.63, 3.8) is 0 Å². The first-order chi connectivity index (χ1) is 14.9. The Bertz CT molecular complexity index is 1240. The van der Waals surface area contributed by atoms with E-state index in [0.29, 0.717) is 16.9 Å². The van der Waals surface area contributed by atoms with Crippen LogP contribution in [-0.4, -0.2) is 20.1 Å². The maximum absolute atomic E-state index is 12.9. The molecule has 0 N–H and O–H groups in total. The first-order valence-corrected chi connectivity index (χ1v) is 10.9. The number of aryl methyl sites for hydroxylation is 1. The maximum Gasteiger partial charge on any atom is 0.335 e. The summed E-state index contributed by atoms with van der Waals surface area (Å²) in [7, 11) is -3.92. The number of hydrogen-bond acceptors (Lipinski definition) is 4. The zero-order valence-corrected chi connectivity index (χ0v) is 17.7. The van der Waals surface area contributed by atoms with Crippen LogP contribution in [0.2, 0.25) is 0 Å². The van der Waals surface area contributed by atoms with E-state index < -0.39 is 16.0 Å². The number of allylic oxidation sites excluding steroid dienone is 1. The van der Waals surface area contributed by atoms with Gasteiger partial charge in [0.25, 0.3) is 10.0 Å². The van der Waals surface area contributed by atoms with E-state index in [1.54, 1.807) is 72.8 Å². The number of sulfonamides is 1. The largest absolute Gasteiger partial charge is 0.423 e. The fourth-order valence-corrected chi connectivity index (χ4v) is 3.72. The molecule has 0 heterocycles. The highest BCUT2D eigenvalue weighted by atomic mass is 32.2. The molecule has 31 heavy (non-hydrogen) atoms. The highest BCUT2D eigenvalue weighted by Crippen LogP contribution is 2.21. The van der Waals surface area contributed by atoms with E-state index in [2.05, 4.69) is 11.0 Å². The van der Waals surface area contributed by atoms with Gasteiger partial charge < -0.3 is 4.74 Å². The Morgan fingerprint density at radius 2 is 1.58 bits per heavy atom. The van der Waals surface area contributed by atoms with E-state index in [1.165, 1.54) is 12.1 Å². The Balaban J connectivity index is 2.04. The Labute approximate surface area is 182 Å². The summed E-state index contributed by atoms with van der Waals surface area (Å²) in [4.78, 5) is 11.7. The van der Waals surface area contributed by atoms with Gasteiger partial charge in [0, 0.05) is 17.2 Å². The van der Waals surface area contributed by atoms with Gasteiger partial charge in [0.05, 0.1) is 10.6 Å². The third-order valence-corrected chi connectivity index (χ3v) is 5.63. The molecule has 0 aliphatic carbocycles. The van der Waals surface area contributed by atoms with Gasteiger partial charge in [-0.25, -0.2) is 4.79 Å². The Morgan fingerprint density at radius 1 is 0.935 bits per heavy atom. The van der Waals surface area contributed by atoms with Gasteiger partial charge in [0.2, 0.25) is 0 Å². The molecule has 0 fully saturated rings. The number of rotatable bonds is 7. The van der Waals surface area contributed by atoms with Crippen LogP contribution in [0.25, 0.3) is 6.08 Å². The van der Waals surface area contributed by atoms with Gasteiger partial charge in [-0.05, 0) is 37.3 Å². The van der Waals surface area contributed by atoms with Gasteiger partial charge in [-0.3, -0.25) is 0 Å². The van der Waals surface area contributed by atoms with E-state index in [0.717, 1.165) is 11.6 Å². The van der Waals surface area contributed by atoms with Gasteiger partial charge in [-0.2, -0.15) is 12.8 Å². The van der Waals surface area contributed by atoms with Crippen LogP contribution >= 0.6 is 0 Å². The molecule has 0 aliphatic rings. The lowest BCUT2D eigenvalue weighted by molar-refractivity contribution is -0.128. The monoisotopic (exact) mass is 431 g/mol. The van der Waals surface area contributed by atoms with E-state index in [9.17, 15) is 13.2 Å². The third kappa shape index (κ3) is 5.87. The van der Waals surface area contributed by atoms with Crippen LogP contribution in [0.1, 0.15) is 16.7 Å². The number of esters is 1.